The Morgan fingerprint density at radius 1 is 1.28 bits per heavy atom. The predicted molar refractivity (Wildman–Crippen MR) is 120 cm³/mol. The number of nitrogens with one attached hydrogen (secondary N) is 2. The molecule has 0 aliphatic carbocycles. The number of hydrogen-bond donors (Lipinski definition) is 2. The first-order valence-electron chi connectivity index (χ1n) is 11.1. The van der Waals surface area contributed by atoms with E-state index in [1.807, 2.05) is 18.2 Å². The van der Waals surface area contributed by atoms with E-state index in [1.165, 1.54) is 30.0 Å². The first-order chi connectivity index (χ1) is 15.7. The van der Waals surface area contributed by atoms with Crippen LogP contribution in [0.4, 0.5) is 10.2 Å². The highest BCUT2D eigenvalue weighted by Crippen LogP contribution is 2.20. The van der Waals surface area contributed by atoms with E-state index in [-0.39, 0.29) is 11.9 Å². The van der Waals surface area contributed by atoms with Gasteiger partial charge in [-0.05, 0) is 42.5 Å². The van der Waals surface area contributed by atoms with E-state index in [2.05, 4.69) is 32.8 Å². The molecular weight excluding hydrogens is 411 g/mol. The van der Waals surface area contributed by atoms with Gasteiger partial charge in [-0.2, -0.15) is 0 Å². The molecule has 2 aliphatic rings. The molecular formula is C24H29FN4O3. The van der Waals surface area contributed by atoms with Crippen molar-refractivity contribution in [1.29, 1.82) is 0 Å². The Labute approximate surface area is 187 Å². The lowest BCUT2D eigenvalue weighted by Gasteiger charge is -2.21. The van der Waals surface area contributed by atoms with Crippen LogP contribution < -0.4 is 10.8 Å². The molecule has 2 fully saturated rings. The van der Waals surface area contributed by atoms with Crippen LogP contribution in [-0.2, 0) is 20.9 Å². The van der Waals surface area contributed by atoms with Crippen molar-refractivity contribution >= 4 is 17.8 Å². The van der Waals surface area contributed by atoms with Crippen molar-refractivity contribution in [3.8, 4) is 0 Å². The Bertz CT molecular complexity index is 919. The number of amides is 1. The van der Waals surface area contributed by atoms with E-state index in [0.29, 0.717) is 12.2 Å². The van der Waals surface area contributed by atoms with Crippen LogP contribution in [0.3, 0.4) is 0 Å². The zero-order chi connectivity index (χ0) is 22.2. The molecule has 0 radical (unpaired) electrons. The number of carbonyl (C=O) groups excluding carboxylic acids is 1. The molecule has 32 heavy (non-hydrogen) atoms. The lowest BCUT2D eigenvalue weighted by atomic mass is 10.2. The van der Waals surface area contributed by atoms with Gasteiger partial charge in [-0.15, -0.1) is 0 Å². The molecule has 0 saturated carbocycles. The van der Waals surface area contributed by atoms with E-state index in [4.69, 9.17) is 9.57 Å². The zero-order valence-electron chi connectivity index (χ0n) is 18.0. The van der Waals surface area contributed by atoms with Crippen LogP contribution >= 0.6 is 0 Å². The smallest absolute Gasteiger partial charge is 0.267 e. The zero-order valence-corrected chi connectivity index (χ0v) is 18.0. The summed E-state index contributed by atoms with van der Waals surface area (Å²) >= 11 is 0. The topological polar surface area (TPSA) is 75.7 Å². The van der Waals surface area contributed by atoms with Crippen LogP contribution in [0.15, 0.2) is 48.7 Å². The molecule has 8 heteroatoms. The summed E-state index contributed by atoms with van der Waals surface area (Å²) in [6.45, 7) is 3.31. The molecule has 3 heterocycles. The molecule has 1 aromatic carbocycles. The van der Waals surface area contributed by atoms with Crippen molar-refractivity contribution in [3.05, 3.63) is 65.6 Å². The molecule has 1 unspecified atom stereocenters. The molecule has 2 aromatic rings. The van der Waals surface area contributed by atoms with Gasteiger partial charge < -0.3 is 10.1 Å². The summed E-state index contributed by atoms with van der Waals surface area (Å²) in [6, 6.07) is 11.8. The summed E-state index contributed by atoms with van der Waals surface area (Å²) in [5.74, 6) is -0.650. The van der Waals surface area contributed by atoms with Crippen molar-refractivity contribution in [1.82, 2.24) is 15.4 Å². The summed E-state index contributed by atoms with van der Waals surface area (Å²) < 4.78 is 19.9. The summed E-state index contributed by atoms with van der Waals surface area (Å²) in [5, 5.41) is 3.21. The van der Waals surface area contributed by atoms with Crippen LogP contribution in [0.5, 0.6) is 0 Å². The fourth-order valence-electron chi connectivity index (χ4n) is 3.91. The largest absolute Gasteiger partial charge is 0.364 e. The number of aromatic nitrogens is 1. The molecule has 7 nitrogen and oxygen atoms in total. The van der Waals surface area contributed by atoms with Crippen LogP contribution in [-0.4, -0.2) is 47.8 Å². The van der Waals surface area contributed by atoms with Gasteiger partial charge in [0.1, 0.15) is 0 Å². The summed E-state index contributed by atoms with van der Waals surface area (Å²) in [6.07, 6.45) is 7.60. The second-order valence-corrected chi connectivity index (χ2v) is 8.16. The van der Waals surface area contributed by atoms with Crippen LogP contribution in [0, 0.1) is 5.82 Å². The minimum atomic E-state index is -0.444. The van der Waals surface area contributed by atoms with Gasteiger partial charge in [-0.3, -0.25) is 9.69 Å². The quantitative estimate of drug-likeness (QED) is 0.484. The third-order valence-electron chi connectivity index (χ3n) is 5.58. The maximum atomic E-state index is 14.5. The Morgan fingerprint density at radius 2 is 2.16 bits per heavy atom. The van der Waals surface area contributed by atoms with Gasteiger partial charge in [0.25, 0.3) is 5.91 Å². The number of halogens is 1. The average molecular weight is 441 g/mol. The van der Waals surface area contributed by atoms with Gasteiger partial charge >= 0.3 is 0 Å². The maximum Gasteiger partial charge on any atom is 0.267 e. The second kappa shape index (κ2) is 11.2. The van der Waals surface area contributed by atoms with Crippen LogP contribution in [0.2, 0.25) is 0 Å². The number of carbonyl (C=O) groups is 1. The van der Waals surface area contributed by atoms with Crippen molar-refractivity contribution in [2.75, 3.05) is 25.0 Å². The molecule has 1 amide bonds. The molecule has 170 valence electrons. The van der Waals surface area contributed by atoms with Crippen molar-refractivity contribution in [2.45, 2.75) is 44.6 Å². The third kappa shape index (κ3) is 6.59. The summed E-state index contributed by atoms with van der Waals surface area (Å²) in [4.78, 5) is 23.7. The molecule has 2 saturated heterocycles. The highest BCUT2D eigenvalue weighted by molar-refractivity contribution is 5.90. The van der Waals surface area contributed by atoms with Crippen molar-refractivity contribution < 1.29 is 18.8 Å². The van der Waals surface area contributed by atoms with Crippen molar-refractivity contribution in [2.24, 2.45) is 0 Å². The van der Waals surface area contributed by atoms with Gasteiger partial charge in [0.15, 0.2) is 17.9 Å². The Morgan fingerprint density at radius 3 is 2.94 bits per heavy atom. The SMILES string of the molecule is O=C(C=Cc1cnc(N[C@@H]2CCN(Cc3ccccc3)C2)c(F)c1)NOC1CCCCO1. The number of ether oxygens (including phenoxy) is 1. The number of pyridine rings is 1. The number of likely N-dealkylation sites (tertiary alicyclic amines) is 1. The lowest BCUT2D eigenvalue weighted by Crippen LogP contribution is -2.32. The van der Waals surface area contributed by atoms with E-state index in [0.717, 1.165) is 45.3 Å². The number of hydrogen-bond acceptors (Lipinski definition) is 6. The predicted octanol–water partition coefficient (Wildman–Crippen LogP) is 3.49. The highest BCUT2D eigenvalue weighted by Gasteiger charge is 2.23. The first-order valence-corrected chi connectivity index (χ1v) is 11.1. The Kier molecular flexibility index (Phi) is 7.82. The monoisotopic (exact) mass is 440 g/mol. The second-order valence-electron chi connectivity index (χ2n) is 8.16. The third-order valence-corrected chi connectivity index (χ3v) is 5.58. The molecule has 0 spiro atoms. The molecule has 2 N–H and O–H groups in total. The van der Waals surface area contributed by atoms with Gasteiger partial charge in [0.05, 0.1) is 0 Å². The normalized spacial score (nSPS) is 21.7. The minimum absolute atomic E-state index is 0.145. The fourth-order valence-corrected chi connectivity index (χ4v) is 3.91. The number of anilines is 1. The molecule has 0 bridgehead atoms. The molecule has 2 aliphatic heterocycles. The maximum absolute atomic E-state index is 14.5. The molecule has 1 aromatic heterocycles. The standard InChI is InChI=1S/C24H29FN4O3/c25-21-14-19(9-10-22(30)28-32-23-8-4-5-13-31-23)15-26-24(21)27-20-11-12-29(17-20)16-18-6-2-1-3-7-18/h1-3,6-7,9-10,14-15,20,23H,4-5,8,11-13,16-17H2,(H,26,27)(H,28,30)/t20-,23?/m1/s1. The van der Waals surface area contributed by atoms with Gasteiger partial charge in [-0.25, -0.2) is 19.7 Å². The fraction of sp³-hybridized carbons (Fsp3) is 0.417. The van der Waals surface area contributed by atoms with E-state index >= 15 is 0 Å². The van der Waals surface area contributed by atoms with Crippen molar-refractivity contribution in [3.63, 3.8) is 0 Å². The van der Waals surface area contributed by atoms with E-state index < -0.39 is 18.0 Å². The van der Waals surface area contributed by atoms with E-state index in [9.17, 15) is 9.18 Å². The number of benzene rings is 1. The van der Waals surface area contributed by atoms with E-state index in [1.54, 1.807) is 0 Å². The van der Waals surface area contributed by atoms with Gasteiger partial charge in [-0.1, -0.05) is 30.3 Å². The molecule has 2 atom stereocenters. The number of nitrogens with zero attached hydrogens (tertiary/aromatic N) is 2. The van der Waals surface area contributed by atoms with Gasteiger partial charge in [0.2, 0.25) is 0 Å². The first kappa shape index (κ1) is 22.4. The Balaban J connectivity index is 1.24. The number of hydroxylamine groups is 1. The average Bonchev–Trinajstić information content (AvgIpc) is 3.26. The van der Waals surface area contributed by atoms with Gasteiger partial charge in [0, 0.05) is 51.0 Å². The summed E-state index contributed by atoms with van der Waals surface area (Å²) in [5.41, 5.74) is 4.10. The lowest BCUT2D eigenvalue weighted by molar-refractivity contribution is -0.198. The minimum Gasteiger partial charge on any atom is -0.364 e. The van der Waals surface area contributed by atoms with Crippen LogP contribution in [0.25, 0.3) is 6.08 Å². The number of rotatable bonds is 8. The molecule has 4 rings (SSSR count). The highest BCUT2D eigenvalue weighted by atomic mass is 19.1. The van der Waals surface area contributed by atoms with Crippen LogP contribution in [0.1, 0.15) is 36.8 Å². The summed E-state index contributed by atoms with van der Waals surface area (Å²) in [7, 11) is 0. The Hall–Kier alpha value is -2.81.